The van der Waals surface area contributed by atoms with Gasteiger partial charge in [-0.1, -0.05) is 54.6 Å². The highest BCUT2D eigenvalue weighted by atomic mass is 16.5. The molecule has 1 saturated heterocycles. The van der Waals surface area contributed by atoms with E-state index in [1.54, 1.807) is 0 Å². The highest BCUT2D eigenvalue weighted by Crippen LogP contribution is 2.26. The third-order valence-electron chi connectivity index (χ3n) is 5.87. The smallest absolute Gasteiger partial charge is 0.163 e. The maximum absolute atomic E-state index is 12.8. The Morgan fingerprint density at radius 3 is 2.53 bits per heavy atom. The van der Waals surface area contributed by atoms with Gasteiger partial charge in [-0.05, 0) is 41.3 Å². The van der Waals surface area contributed by atoms with Gasteiger partial charge in [0.1, 0.15) is 5.82 Å². The number of ketones is 1. The minimum atomic E-state index is 0.158. The summed E-state index contributed by atoms with van der Waals surface area (Å²) in [6.45, 7) is 3.08. The highest BCUT2D eigenvalue weighted by molar-refractivity contribution is 5.97. The predicted octanol–water partition coefficient (Wildman–Crippen LogP) is 4.95. The van der Waals surface area contributed by atoms with Crippen molar-refractivity contribution in [2.75, 3.05) is 31.2 Å². The number of ether oxygens (including phenoxy) is 1. The topological polar surface area (TPSA) is 55.3 Å². The number of hydrogen-bond acceptors (Lipinski definition) is 5. The molecule has 2 heterocycles. The second kappa shape index (κ2) is 9.28. The van der Waals surface area contributed by atoms with Crippen LogP contribution >= 0.6 is 0 Å². The fraction of sp³-hybridized carbons (Fsp3) is 0.222. The quantitative estimate of drug-likeness (QED) is 0.411. The lowest BCUT2D eigenvalue weighted by Gasteiger charge is -2.27. The number of morpholine rings is 1. The average Bonchev–Trinajstić information content (AvgIpc) is 2.88. The Hall–Kier alpha value is -3.57. The van der Waals surface area contributed by atoms with Crippen LogP contribution in [0.2, 0.25) is 0 Å². The van der Waals surface area contributed by atoms with Crippen molar-refractivity contribution in [3.05, 3.63) is 90.1 Å². The fourth-order valence-corrected chi connectivity index (χ4v) is 4.05. The Bertz CT molecular complexity index is 1230. The fourth-order valence-electron chi connectivity index (χ4n) is 4.05. The first-order valence-electron chi connectivity index (χ1n) is 11.0. The van der Waals surface area contributed by atoms with E-state index in [-0.39, 0.29) is 5.78 Å². The number of anilines is 1. The Balaban J connectivity index is 1.37. The van der Waals surface area contributed by atoms with Crippen molar-refractivity contribution in [1.82, 2.24) is 9.97 Å². The molecule has 0 atom stereocenters. The second-order valence-corrected chi connectivity index (χ2v) is 8.02. The van der Waals surface area contributed by atoms with Crippen molar-refractivity contribution in [3.8, 4) is 11.1 Å². The van der Waals surface area contributed by atoms with E-state index in [2.05, 4.69) is 28.1 Å². The molecule has 3 aromatic carbocycles. The monoisotopic (exact) mass is 423 g/mol. The minimum Gasteiger partial charge on any atom is -0.378 e. The molecule has 32 heavy (non-hydrogen) atoms. The van der Waals surface area contributed by atoms with Crippen molar-refractivity contribution in [2.45, 2.75) is 12.8 Å². The number of carbonyl (C=O) groups is 1. The Labute approximate surface area is 187 Å². The molecule has 1 aliphatic heterocycles. The number of nitrogens with zero attached hydrogens (tertiary/aromatic N) is 3. The van der Waals surface area contributed by atoms with Crippen molar-refractivity contribution in [3.63, 3.8) is 0 Å². The van der Waals surface area contributed by atoms with Crippen LogP contribution in [0.1, 0.15) is 22.3 Å². The van der Waals surface area contributed by atoms with Gasteiger partial charge < -0.3 is 9.64 Å². The molecular formula is C27H25N3O2. The first kappa shape index (κ1) is 20.3. The van der Waals surface area contributed by atoms with Gasteiger partial charge in [-0.3, -0.25) is 9.78 Å². The van der Waals surface area contributed by atoms with Gasteiger partial charge in [0.2, 0.25) is 0 Å². The summed E-state index contributed by atoms with van der Waals surface area (Å²) in [7, 11) is 0. The zero-order valence-corrected chi connectivity index (χ0v) is 17.9. The predicted molar refractivity (Wildman–Crippen MR) is 127 cm³/mol. The third kappa shape index (κ3) is 4.53. The Morgan fingerprint density at radius 1 is 0.875 bits per heavy atom. The second-order valence-electron chi connectivity index (χ2n) is 8.02. The largest absolute Gasteiger partial charge is 0.378 e. The van der Waals surface area contributed by atoms with Crippen LogP contribution in [0.3, 0.4) is 0 Å². The third-order valence-corrected chi connectivity index (χ3v) is 5.87. The molecule has 5 heteroatoms. The molecule has 0 spiro atoms. The van der Waals surface area contributed by atoms with Crippen LogP contribution in [0.4, 0.5) is 5.82 Å². The number of benzene rings is 3. The van der Waals surface area contributed by atoms with Crippen molar-refractivity contribution in [1.29, 1.82) is 0 Å². The molecule has 0 amide bonds. The van der Waals surface area contributed by atoms with Gasteiger partial charge in [0, 0.05) is 25.1 Å². The van der Waals surface area contributed by atoms with Gasteiger partial charge >= 0.3 is 0 Å². The van der Waals surface area contributed by atoms with E-state index in [1.165, 1.54) is 5.56 Å². The van der Waals surface area contributed by atoms with Crippen LogP contribution in [0.25, 0.3) is 22.2 Å². The van der Waals surface area contributed by atoms with Gasteiger partial charge in [0.05, 0.1) is 30.4 Å². The molecular weight excluding hydrogens is 398 g/mol. The van der Waals surface area contributed by atoms with E-state index in [0.29, 0.717) is 19.6 Å². The molecule has 1 fully saturated rings. The molecule has 5 rings (SSSR count). The van der Waals surface area contributed by atoms with Crippen LogP contribution in [0.5, 0.6) is 0 Å². The zero-order valence-electron chi connectivity index (χ0n) is 17.9. The molecule has 4 aromatic rings. The lowest BCUT2D eigenvalue weighted by atomic mass is 9.98. The van der Waals surface area contributed by atoms with Crippen molar-refractivity contribution in [2.24, 2.45) is 0 Å². The number of rotatable bonds is 6. The molecule has 0 unspecified atom stereocenters. The first-order chi connectivity index (χ1) is 15.8. The normalized spacial score (nSPS) is 13.9. The van der Waals surface area contributed by atoms with E-state index in [0.717, 1.165) is 53.1 Å². The number of carbonyl (C=O) groups excluding carboxylic acids is 1. The molecule has 0 bridgehead atoms. The van der Waals surface area contributed by atoms with Gasteiger partial charge in [0.15, 0.2) is 5.78 Å². The van der Waals surface area contributed by atoms with E-state index in [4.69, 9.17) is 9.72 Å². The van der Waals surface area contributed by atoms with Crippen molar-refractivity contribution >= 4 is 22.6 Å². The lowest BCUT2D eigenvalue weighted by Crippen LogP contribution is -2.36. The highest BCUT2D eigenvalue weighted by Gasteiger charge is 2.14. The summed E-state index contributed by atoms with van der Waals surface area (Å²) < 4.78 is 5.44. The molecule has 0 radical (unpaired) electrons. The van der Waals surface area contributed by atoms with E-state index < -0.39 is 0 Å². The zero-order chi connectivity index (χ0) is 21.8. The molecule has 0 aliphatic carbocycles. The summed E-state index contributed by atoms with van der Waals surface area (Å²) >= 11 is 0. The summed E-state index contributed by atoms with van der Waals surface area (Å²) in [6.07, 6.45) is 3.08. The lowest BCUT2D eigenvalue weighted by molar-refractivity contribution is 0.0983. The average molecular weight is 424 g/mol. The molecule has 0 saturated carbocycles. The summed E-state index contributed by atoms with van der Waals surface area (Å²) in [4.78, 5) is 24.4. The number of hydrogen-bond donors (Lipinski definition) is 0. The summed E-state index contributed by atoms with van der Waals surface area (Å²) in [5.41, 5.74) is 5.68. The maximum atomic E-state index is 12.8. The van der Waals surface area contributed by atoms with E-state index >= 15 is 0 Å². The Kier molecular flexibility index (Phi) is 5.90. The number of aromatic nitrogens is 2. The van der Waals surface area contributed by atoms with Gasteiger partial charge in [0.25, 0.3) is 0 Å². The number of aryl methyl sites for hydroxylation is 1. The number of Topliss-reactive ketones (excluding diaryl/α,β-unsaturated/α-hetero) is 1. The molecule has 1 aromatic heterocycles. The van der Waals surface area contributed by atoms with Crippen LogP contribution in [-0.2, 0) is 11.2 Å². The standard InChI is InChI=1S/C27H25N3O2/c31-26(12-9-20-5-2-1-3-6-20)23-8-4-7-21(17-23)22-10-11-24-25(18-22)29-27(19-28-24)30-13-15-32-16-14-30/h1-8,10-11,17-19H,9,12-16H2. The van der Waals surface area contributed by atoms with Crippen LogP contribution < -0.4 is 4.90 Å². The molecule has 0 N–H and O–H groups in total. The van der Waals surface area contributed by atoms with Crippen LogP contribution in [0.15, 0.2) is 79.0 Å². The van der Waals surface area contributed by atoms with Crippen LogP contribution in [-0.4, -0.2) is 42.1 Å². The van der Waals surface area contributed by atoms with Crippen LogP contribution in [0, 0.1) is 0 Å². The SMILES string of the molecule is O=C(CCc1ccccc1)c1cccc(-c2ccc3ncc(N4CCOCC4)nc3c2)c1. The van der Waals surface area contributed by atoms with E-state index in [9.17, 15) is 4.79 Å². The van der Waals surface area contributed by atoms with Gasteiger partial charge in [-0.2, -0.15) is 0 Å². The van der Waals surface area contributed by atoms with E-state index in [1.807, 2.05) is 60.8 Å². The molecule has 1 aliphatic rings. The van der Waals surface area contributed by atoms with Gasteiger partial charge in [-0.15, -0.1) is 0 Å². The summed E-state index contributed by atoms with van der Waals surface area (Å²) in [5.74, 6) is 1.04. The Morgan fingerprint density at radius 2 is 1.69 bits per heavy atom. The van der Waals surface area contributed by atoms with Gasteiger partial charge in [-0.25, -0.2) is 4.98 Å². The molecule has 5 nitrogen and oxygen atoms in total. The van der Waals surface area contributed by atoms with Crippen molar-refractivity contribution < 1.29 is 9.53 Å². The maximum Gasteiger partial charge on any atom is 0.163 e. The molecule has 160 valence electrons. The minimum absolute atomic E-state index is 0.158. The number of fused-ring (bicyclic) bond motifs is 1. The first-order valence-corrected chi connectivity index (χ1v) is 11.0. The summed E-state index contributed by atoms with van der Waals surface area (Å²) in [6, 6.07) is 24.1. The summed E-state index contributed by atoms with van der Waals surface area (Å²) in [5, 5.41) is 0.